The molecule has 5 atom stereocenters. The van der Waals surface area contributed by atoms with E-state index in [9.17, 15) is 19.8 Å². The van der Waals surface area contributed by atoms with Crippen molar-refractivity contribution in [3.8, 4) is 0 Å². The first-order valence-corrected chi connectivity index (χ1v) is 8.99. The Kier molecular flexibility index (Phi) is 7.68. The highest BCUT2D eigenvalue weighted by molar-refractivity contribution is 5.74. The highest BCUT2D eigenvalue weighted by atomic mass is 16.6. The highest BCUT2D eigenvalue weighted by Gasteiger charge is 2.51. The van der Waals surface area contributed by atoms with E-state index in [1.165, 1.54) is 7.11 Å². The molecular formula is C18H33NO6. The molecule has 0 spiro atoms. The second-order valence-corrected chi connectivity index (χ2v) is 7.75. The van der Waals surface area contributed by atoms with Crippen LogP contribution in [0.4, 0.5) is 4.79 Å². The summed E-state index contributed by atoms with van der Waals surface area (Å²) in [7, 11) is 1.26. The van der Waals surface area contributed by atoms with E-state index in [2.05, 4.69) is 5.32 Å². The molecule has 0 aliphatic heterocycles. The lowest BCUT2D eigenvalue weighted by atomic mass is 9.83. The summed E-state index contributed by atoms with van der Waals surface area (Å²) in [5.74, 6) is -2.00. The normalized spacial score (nSPS) is 27.9. The molecule has 7 heteroatoms. The van der Waals surface area contributed by atoms with Crippen molar-refractivity contribution in [2.75, 3.05) is 7.11 Å². The molecule has 1 aliphatic carbocycles. The molecule has 0 bridgehead atoms. The maximum absolute atomic E-state index is 12.1. The van der Waals surface area contributed by atoms with Crippen LogP contribution in [0.25, 0.3) is 0 Å². The van der Waals surface area contributed by atoms with Crippen molar-refractivity contribution in [2.45, 2.75) is 77.7 Å². The van der Waals surface area contributed by atoms with E-state index in [1.807, 2.05) is 13.8 Å². The minimum atomic E-state index is -1.08. The number of aliphatic hydroxyl groups excluding tert-OH is 2. The molecule has 1 amide bonds. The second kappa shape index (κ2) is 8.85. The van der Waals surface area contributed by atoms with E-state index in [-0.39, 0.29) is 12.3 Å². The molecule has 0 aromatic carbocycles. The van der Waals surface area contributed by atoms with Gasteiger partial charge in [-0.05, 0) is 33.1 Å². The molecule has 1 saturated carbocycles. The molecule has 0 aromatic heterocycles. The number of alkyl carbamates (subject to hydrolysis) is 1. The quantitative estimate of drug-likeness (QED) is 0.625. The third kappa shape index (κ3) is 5.57. The average Bonchev–Trinajstić information content (AvgIpc) is 2.81. The van der Waals surface area contributed by atoms with Gasteiger partial charge in [-0.2, -0.15) is 0 Å². The number of hydrogen-bond donors (Lipinski definition) is 3. The first kappa shape index (κ1) is 21.7. The van der Waals surface area contributed by atoms with Gasteiger partial charge in [-0.1, -0.05) is 26.7 Å². The molecule has 1 rings (SSSR count). The van der Waals surface area contributed by atoms with Crippen LogP contribution in [-0.4, -0.2) is 53.2 Å². The Morgan fingerprint density at radius 2 is 1.80 bits per heavy atom. The maximum Gasteiger partial charge on any atom is 0.407 e. The summed E-state index contributed by atoms with van der Waals surface area (Å²) in [5, 5.41) is 24.1. The molecule has 25 heavy (non-hydrogen) atoms. The highest BCUT2D eigenvalue weighted by Crippen LogP contribution is 2.38. The number of carbonyl (C=O) groups is 2. The smallest absolute Gasteiger partial charge is 0.407 e. The van der Waals surface area contributed by atoms with Crippen molar-refractivity contribution < 1.29 is 29.3 Å². The predicted octanol–water partition coefficient (Wildman–Crippen LogP) is 1.85. The maximum atomic E-state index is 12.1. The second-order valence-electron chi connectivity index (χ2n) is 7.75. The van der Waals surface area contributed by atoms with Gasteiger partial charge in [0.2, 0.25) is 0 Å². The third-order valence-corrected chi connectivity index (χ3v) is 4.91. The van der Waals surface area contributed by atoms with Gasteiger partial charge in [-0.3, -0.25) is 4.79 Å². The first-order chi connectivity index (χ1) is 11.6. The monoisotopic (exact) mass is 359 g/mol. The van der Waals surface area contributed by atoms with Crippen LogP contribution < -0.4 is 5.32 Å². The van der Waals surface area contributed by atoms with E-state index in [4.69, 9.17) is 9.47 Å². The fourth-order valence-electron chi connectivity index (χ4n) is 3.60. The number of esters is 1. The molecule has 146 valence electrons. The van der Waals surface area contributed by atoms with Crippen LogP contribution in [0.5, 0.6) is 0 Å². The molecule has 2 unspecified atom stereocenters. The Morgan fingerprint density at radius 1 is 1.24 bits per heavy atom. The molecule has 7 nitrogen and oxygen atoms in total. The minimum Gasteiger partial charge on any atom is -0.469 e. The van der Waals surface area contributed by atoms with Crippen molar-refractivity contribution in [3.05, 3.63) is 0 Å². The number of nitrogens with one attached hydrogen (secondary N) is 1. The number of ether oxygens (including phenoxy) is 2. The van der Waals surface area contributed by atoms with Gasteiger partial charge in [-0.15, -0.1) is 0 Å². The zero-order valence-corrected chi connectivity index (χ0v) is 16.1. The van der Waals surface area contributed by atoms with E-state index in [0.717, 1.165) is 12.8 Å². The van der Waals surface area contributed by atoms with Gasteiger partial charge >= 0.3 is 12.1 Å². The topological polar surface area (TPSA) is 105 Å². The van der Waals surface area contributed by atoms with Gasteiger partial charge in [0.25, 0.3) is 0 Å². The summed E-state index contributed by atoms with van der Waals surface area (Å²) in [6.45, 7) is 9.19. The lowest BCUT2D eigenvalue weighted by Crippen LogP contribution is -2.48. The molecule has 1 aliphatic rings. The SMILES string of the molecule is CCC(CC)[C@H](O)[C@H]1C(NC(=O)OC(C)(C)C)CC(C(=O)OC)[C@H]1O. The fourth-order valence-corrected chi connectivity index (χ4v) is 3.60. The predicted molar refractivity (Wildman–Crippen MR) is 92.9 cm³/mol. The lowest BCUT2D eigenvalue weighted by Gasteiger charge is -2.33. The number of methoxy groups -OCH3 is 1. The third-order valence-electron chi connectivity index (χ3n) is 4.91. The van der Waals surface area contributed by atoms with Gasteiger partial charge in [0.15, 0.2) is 0 Å². The van der Waals surface area contributed by atoms with Gasteiger partial charge in [0.1, 0.15) is 5.60 Å². The summed E-state index contributed by atoms with van der Waals surface area (Å²) in [6.07, 6.45) is -0.861. The van der Waals surface area contributed by atoms with Gasteiger partial charge in [0, 0.05) is 12.0 Å². The van der Waals surface area contributed by atoms with Crippen molar-refractivity contribution in [3.63, 3.8) is 0 Å². The van der Waals surface area contributed by atoms with Gasteiger partial charge in [-0.25, -0.2) is 4.79 Å². The van der Waals surface area contributed by atoms with E-state index in [1.54, 1.807) is 20.8 Å². The number of hydrogen-bond acceptors (Lipinski definition) is 6. The van der Waals surface area contributed by atoms with Crippen LogP contribution >= 0.6 is 0 Å². The van der Waals surface area contributed by atoms with Crippen molar-refractivity contribution in [1.82, 2.24) is 5.32 Å². The van der Waals surface area contributed by atoms with Crippen LogP contribution in [0.3, 0.4) is 0 Å². The van der Waals surface area contributed by atoms with Crippen molar-refractivity contribution in [2.24, 2.45) is 17.8 Å². The number of rotatable bonds is 6. The average molecular weight is 359 g/mol. The summed E-state index contributed by atoms with van der Waals surface area (Å²) >= 11 is 0. The molecule has 0 radical (unpaired) electrons. The molecule has 3 N–H and O–H groups in total. The Balaban J connectivity index is 3.00. The Hall–Kier alpha value is -1.34. The summed E-state index contributed by atoms with van der Waals surface area (Å²) in [6, 6.07) is -0.565. The molecule has 0 saturated heterocycles. The van der Waals surface area contributed by atoms with Gasteiger partial charge in [0.05, 0.1) is 25.2 Å². The molecule has 0 aromatic rings. The summed E-state index contributed by atoms with van der Waals surface area (Å²) in [5.41, 5.74) is -0.660. The first-order valence-electron chi connectivity index (χ1n) is 8.99. The van der Waals surface area contributed by atoms with E-state index >= 15 is 0 Å². The number of aliphatic hydroxyl groups is 2. The lowest BCUT2D eigenvalue weighted by molar-refractivity contribution is -0.149. The zero-order chi connectivity index (χ0) is 19.4. The number of amides is 1. The minimum absolute atomic E-state index is 0.0287. The van der Waals surface area contributed by atoms with Crippen LogP contribution in [0, 0.1) is 17.8 Å². The number of carbonyl (C=O) groups excluding carboxylic acids is 2. The largest absolute Gasteiger partial charge is 0.469 e. The molecule has 1 fully saturated rings. The summed E-state index contributed by atoms with van der Waals surface area (Å²) < 4.78 is 10.0. The van der Waals surface area contributed by atoms with Crippen LogP contribution in [0.1, 0.15) is 53.9 Å². The van der Waals surface area contributed by atoms with E-state index < -0.39 is 47.7 Å². The van der Waals surface area contributed by atoms with Crippen LogP contribution in [-0.2, 0) is 14.3 Å². The standard InChI is InChI=1S/C18H33NO6/c1-7-10(8-2)14(20)13-12(19-17(23)25-18(3,4)5)9-11(15(13)21)16(22)24-6/h10-15,20-21H,7-9H2,1-6H3,(H,19,23)/t11?,12?,13-,14+,15-/m1/s1. The fraction of sp³-hybridized carbons (Fsp3) is 0.889. The summed E-state index contributed by atoms with van der Waals surface area (Å²) in [4.78, 5) is 24.1. The zero-order valence-electron chi connectivity index (χ0n) is 16.1. The molecular weight excluding hydrogens is 326 g/mol. The Labute approximate surface area is 150 Å². The van der Waals surface area contributed by atoms with Crippen molar-refractivity contribution in [1.29, 1.82) is 0 Å². The van der Waals surface area contributed by atoms with Crippen LogP contribution in [0.2, 0.25) is 0 Å². The van der Waals surface area contributed by atoms with Gasteiger partial charge < -0.3 is 25.0 Å². The Morgan fingerprint density at radius 3 is 2.24 bits per heavy atom. The van der Waals surface area contributed by atoms with E-state index in [0.29, 0.717) is 0 Å². The molecule has 0 heterocycles. The van der Waals surface area contributed by atoms with Crippen molar-refractivity contribution >= 4 is 12.1 Å². The Bertz CT molecular complexity index is 457. The van der Waals surface area contributed by atoms with Crippen LogP contribution in [0.15, 0.2) is 0 Å².